The van der Waals surface area contributed by atoms with Gasteiger partial charge in [-0.25, -0.2) is 0 Å². The molecule has 1 heterocycles. The number of hydrogen-bond acceptors (Lipinski definition) is 4. The normalized spacial score (nSPS) is 29.3. The van der Waals surface area contributed by atoms with Gasteiger partial charge in [0.25, 0.3) is 0 Å². The van der Waals surface area contributed by atoms with E-state index in [0.29, 0.717) is 12.5 Å². The largest absolute Gasteiger partial charge is 0.497 e. The molecule has 2 aliphatic rings. The molecule has 1 atom stereocenters. The highest BCUT2D eigenvalue weighted by Gasteiger charge is 2.34. The molecule has 1 aromatic rings. The summed E-state index contributed by atoms with van der Waals surface area (Å²) in [6.45, 7) is 4.63. The third-order valence-corrected chi connectivity index (χ3v) is 6.07. The summed E-state index contributed by atoms with van der Waals surface area (Å²) < 4.78 is 10.8. The van der Waals surface area contributed by atoms with E-state index in [0.717, 1.165) is 63.4 Å². The number of benzene rings is 1. The van der Waals surface area contributed by atoms with Crippen LogP contribution in [0, 0.1) is 11.8 Å². The van der Waals surface area contributed by atoms with Gasteiger partial charge >= 0.3 is 0 Å². The number of rotatable bonds is 6. The molecule has 4 nitrogen and oxygen atoms in total. The maximum atomic E-state index is 11.0. The minimum Gasteiger partial charge on any atom is -0.497 e. The number of aliphatic hydroxyl groups is 1. The van der Waals surface area contributed by atoms with E-state index in [1.165, 1.54) is 5.56 Å². The average Bonchev–Trinajstić information content (AvgIpc) is 2.66. The first kappa shape index (κ1) is 18.7. The third kappa shape index (κ3) is 4.96. The lowest BCUT2D eigenvalue weighted by atomic mass is 9.79. The lowest BCUT2D eigenvalue weighted by molar-refractivity contribution is -0.0130. The van der Waals surface area contributed by atoms with Gasteiger partial charge in [0.1, 0.15) is 5.75 Å². The highest BCUT2D eigenvalue weighted by atomic mass is 16.5. The maximum absolute atomic E-state index is 11.0. The summed E-state index contributed by atoms with van der Waals surface area (Å²) in [6, 6.07) is 8.62. The van der Waals surface area contributed by atoms with E-state index in [1.807, 2.05) is 12.1 Å². The van der Waals surface area contributed by atoms with Crippen molar-refractivity contribution in [3.8, 4) is 5.75 Å². The van der Waals surface area contributed by atoms with Crippen molar-refractivity contribution in [1.29, 1.82) is 0 Å². The molecular weight excluding hydrogens is 314 g/mol. The minimum absolute atomic E-state index is 0.262. The van der Waals surface area contributed by atoms with Crippen LogP contribution in [0.1, 0.15) is 57.1 Å². The third-order valence-electron chi connectivity index (χ3n) is 6.07. The number of hydrogen-bond donors (Lipinski definition) is 2. The predicted molar refractivity (Wildman–Crippen MR) is 99.9 cm³/mol. The molecular formula is C21H33NO3. The van der Waals surface area contributed by atoms with Gasteiger partial charge in [0.2, 0.25) is 0 Å². The predicted octanol–water partition coefficient (Wildman–Crippen LogP) is 3.69. The Labute approximate surface area is 151 Å². The molecule has 0 radical (unpaired) electrons. The van der Waals surface area contributed by atoms with Crippen LogP contribution in [0.4, 0.5) is 0 Å². The second kappa shape index (κ2) is 8.52. The first-order valence-electron chi connectivity index (χ1n) is 9.77. The lowest BCUT2D eigenvalue weighted by Gasteiger charge is -2.38. The monoisotopic (exact) mass is 347 g/mol. The average molecular weight is 347 g/mol. The lowest BCUT2D eigenvalue weighted by Crippen LogP contribution is -2.46. The molecule has 1 unspecified atom stereocenters. The van der Waals surface area contributed by atoms with Crippen LogP contribution in [0.25, 0.3) is 0 Å². The molecule has 4 heteroatoms. The fraction of sp³-hybridized carbons (Fsp3) is 0.714. The zero-order valence-corrected chi connectivity index (χ0v) is 15.7. The molecule has 1 aromatic carbocycles. The van der Waals surface area contributed by atoms with Crippen molar-refractivity contribution in [3.05, 3.63) is 29.8 Å². The van der Waals surface area contributed by atoms with E-state index in [1.54, 1.807) is 7.11 Å². The van der Waals surface area contributed by atoms with Crippen LogP contribution in [0.5, 0.6) is 5.75 Å². The van der Waals surface area contributed by atoms with Crippen molar-refractivity contribution >= 4 is 0 Å². The second-order valence-corrected chi connectivity index (χ2v) is 7.99. The van der Waals surface area contributed by atoms with E-state index < -0.39 is 5.60 Å². The van der Waals surface area contributed by atoms with Crippen LogP contribution < -0.4 is 10.1 Å². The first-order chi connectivity index (χ1) is 12.1. The molecule has 1 saturated carbocycles. The summed E-state index contributed by atoms with van der Waals surface area (Å²) in [7, 11) is 1.70. The summed E-state index contributed by atoms with van der Waals surface area (Å²) in [5.41, 5.74) is 0.725. The van der Waals surface area contributed by atoms with Gasteiger partial charge in [-0.1, -0.05) is 19.1 Å². The Morgan fingerprint density at radius 1 is 1.16 bits per heavy atom. The summed E-state index contributed by atoms with van der Waals surface area (Å²) in [5.74, 6) is 2.18. The van der Waals surface area contributed by atoms with Crippen molar-refractivity contribution in [2.24, 2.45) is 11.8 Å². The topological polar surface area (TPSA) is 50.7 Å². The molecule has 1 aliphatic heterocycles. The Balaban J connectivity index is 1.69. The van der Waals surface area contributed by atoms with Crippen molar-refractivity contribution < 1.29 is 14.6 Å². The SMILES string of the molecule is COc1ccc(C(NCC2(O)CCC(C)CC2)C2CCOCC2)cc1. The zero-order chi connectivity index (χ0) is 17.7. The number of methoxy groups -OCH3 is 1. The Hall–Kier alpha value is -1.10. The first-order valence-corrected chi connectivity index (χ1v) is 9.77. The Kier molecular flexibility index (Phi) is 6.37. The number of ether oxygens (including phenoxy) is 2. The molecule has 0 bridgehead atoms. The summed E-state index contributed by atoms with van der Waals surface area (Å²) in [6.07, 6.45) is 6.21. The molecule has 25 heavy (non-hydrogen) atoms. The van der Waals surface area contributed by atoms with E-state index >= 15 is 0 Å². The van der Waals surface area contributed by atoms with Gasteiger partial charge in [-0.3, -0.25) is 0 Å². The van der Waals surface area contributed by atoms with Crippen LogP contribution in [-0.2, 0) is 4.74 Å². The molecule has 1 aliphatic carbocycles. The van der Waals surface area contributed by atoms with E-state index in [9.17, 15) is 5.11 Å². The highest BCUT2D eigenvalue weighted by Crippen LogP contribution is 2.34. The highest BCUT2D eigenvalue weighted by molar-refractivity contribution is 5.29. The van der Waals surface area contributed by atoms with Crippen LogP contribution in [0.2, 0.25) is 0 Å². The molecule has 0 spiro atoms. The fourth-order valence-electron chi connectivity index (χ4n) is 4.19. The molecule has 3 rings (SSSR count). The molecule has 140 valence electrons. The Morgan fingerprint density at radius 3 is 2.40 bits per heavy atom. The van der Waals surface area contributed by atoms with Crippen LogP contribution in [0.15, 0.2) is 24.3 Å². The molecule has 1 saturated heterocycles. The smallest absolute Gasteiger partial charge is 0.118 e. The van der Waals surface area contributed by atoms with Gasteiger partial charge in [0.05, 0.1) is 12.7 Å². The molecule has 0 amide bonds. The molecule has 0 aromatic heterocycles. The van der Waals surface area contributed by atoms with Gasteiger partial charge in [-0.05, 0) is 68.1 Å². The minimum atomic E-state index is -0.553. The number of nitrogens with one attached hydrogen (secondary N) is 1. The van der Waals surface area contributed by atoms with Crippen LogP contribution in [0.3, 0.4) is 0 Å². The summed E-state index contributed by atoms with van der Waals surface area (Å²) in [4.78, 5) is 0. The summed E-state index contributed by atoms with van der Waals surface area (Å²) in [5, 5.41) is 14.7. The van der Waals surface area contributed by atoms with E-state index in [4.69, 9.17) is 9.47 Å². The van der Waals surface area contributed by atoms with Crippen LogP contribution >= 0.6 is 0 Å². The van der Waals surface area contributed by atoms with Crippen LogP contribution in [-0.4, -0.2) is 37.6 Å². The zero-order valence-electron chi connectivity index (χ0n) is 15.7. The van der Waals surface area contributed by atoms with Crippen molar-refractivity contribution in [3.63, 3.8) is 0 Å². The van der Waals surface area contributed by atoms with Gasteiger partial charge in [-0.2, -0.15) is 0 Å². The Bertz CT molecular complexity index is 516. The van der Waals surface area contributed by atoms with Gasteiger partial charge in [-0.15, -0.1) is 0 Å². The van der Waals surface area contributed by atoms with E-state index in [-0.39, 0.29) is 6.04 Å². The van der Waals surface area contributed by atoms with Gasteiger partial charge in [0.15, 0.2) is 0 Å². The molecule has 2 fully saturated rings. The second-order valence-electron chi connectivity index (χ2n) is 7.99. The summed E-state index contributed by atoms with van der Waals surface area (Å²) >= 11 is 0. The van der Waals surface area contributed by atoms with Gasteiger partial charge < -0.3 is 19.9 Å². The fourth-order valence-corrected chi connectivity index (χ4v) is 4.19. The Morgan fingerprint density at radius 2 is 1.80 bits per heavy atom. The van der Waals surface area contributed by atoms with Crippen molar-refractivity contribution in [2.45, 2.75) is 57.1 Å². The van der Waals surface area contributed by atoms with E-state index in [2.05, 4.69) is 24.4 Å². The van der Waals surface area contributed by atoms with Crippen molar-refractivity contribution in [2.75, 3.05) is 26.9 Å². The standard InChI is InChI=1S/C21H33NO3/c1-16-7-11-21(23,12-8-16)15-22-20(18-9-13-25-14-10-18)17-3-5-19(24-2)6-4-17/h3-6,16,18,20,22-23H,7-15H2,1-2H3. The van der Waals surface area contributed by atoms with Gasteiger partial charge in [0, 0.05) is 25.8 Å². The molecule has 2 N–H and O–H groups in total. The quantitative estimate of drug-likeness (QED) is 0.824. The van der Waals surface area contributed by atoms with Crippen molar-refractivity contribution in [1.82, 2.24) is 5.32 Å². The maximum Gasteiger partial charge on any atom is 0.118 e.